The van der Waals surface area contributed by atoms with Gasteiger partial charge in [0, 0.05) is 23.5 Å². The molecule has 8 heteroatoms. The summed E-state index contributed by atoms with van der Waals surface area (Å²) in [4.78, 5) is 36.7. The maximum absolute atomic E-state index is 13.5. The minimum Gasteiger partial charge on any atom is -0.351 e. The number of aromatic nitrogens is 2. The Bertz CT molecular complexity index is 990. The van der Waals surface area contributed by atoms with Crippen LogP contribution in [0.25, 0.3) is 0 Å². The van der Waals surface area contributed by atoms with Gasteiger partial charge in [-0.1, -0.05) is 36.6 Å². The zero-order valence-electron chi connectivity index (χ0n) is 16.2. The van der Waals surface area contributed by atoms with Crippen molar-refractivity contribution < 1.29 is 9.59 Å². The maximum Gasteiger partial charge on any atom is 0.280 e. The summed E-state index contributed by atoms with van der Waals surface area (Å²) in [6.45, 7) is 0. The fraction of sp³-hybridized carbons (Fsp3) is 0.273. The van der Waals surface area contributed by atoms with E-state index < -0.39 is 6.04 Å². The Hall–Kier alpha value is -2.77. The summed E-state index contributed by atoms with van der Waals surface area (Å²) in [6.07, 6.45) is 8.50. The van der Waals surface area contributed by atoms with Crippen molar-refractivity contribution >= 4 is 39.8 Å². The molecule has 2 aromatic heterocycles. The number of nitrogens with zero attached hydrogens (tertiary/aromatic N) is 3. The number of hydrogen-bond donors (Lipinski definition) is 1. The van der Waals surface area contributed by atoms with E-state index in [0.717, 1.165) is 25.7 Å². The van der Waals surface area contributed by atoms with Gasteiger partial charge >= 0.3 is 0 Å². The molecule has 1 saturated carbocycles. The SMILES string of the molecule is O=C(NC1CCCC1)[C@@H](c1ccc(Cl)cc1)N(C(=O)c1cnccn1)c1cccs1. The molecule has 1 fully saturated rings. The number of carbonyl (C=O) groups is 2. The van der Waals surface area contributed by atoms with Crippen LogP contribution in [0.1, 0.15) is 47.8 Å². The third-order valence-electron chi connectivity index (χ3n) is 5.14. The molecule has 0 unspecified atom stereocenters. The largest absolute Gasteiger partial charge is 0.351 e. The zero-order valence-corrected chi connectivity index (χ0v) is 17.8. The minimum absolute atomic E-state index is 0.129. The number of benzene rings is 1. The maximum atomic E-state index is 13.5. The second-order valence-electron chi connectivity index (χ2n) is 7.16. The highest BCUT2D eigenvalue weighted by atomic mass is 35.5. The Morgan fingerprint density at radius 2 is 1.90 bits per heavy atom. The quantitative estimate of drug-likeness (QED) is 0.606. The topological polar surface area (TPSA) is 75.2 Å². The van der Waals surface area contributed by atoms with E-state index in [1.165, 1.54) is 34.8 Å². The first-order valence-corrected chi connectivity index (χ1v) is 11.1. The number of hydrogen-bond acceptors (Lipinski definition) is 5. The van der Waals surface area contributed by atoms with Crippen molar-refractivity contribution in [2.24, 2.45) is 0 Å². The van der Waals surface area contributed by atoms with Crippen molar-refractivity contribution in [3.8, 4) is 0 Å². The summed E-state index contributed by atoms with van der Waals surface area (Å²) in [5, 5.41) is 6.24. The van der Waals surface area contributed by atoms with Gasteiger partial charge in [0.2, 0.25) is 5.91 Å². The summed E-state index contributed by atoms with van der Waals surface area (Å²) in [7, 11) is 0. The Balaban J connectivity index is 1.76. The standard InChI is InChI=1S/C22H21ClN4O2S/c23-16-9-7-15(8-10-16)20(21(28)26-17-4-1-2-5-17)27(19-6-3-13-30-19)22(29)18-14-24-11-12-25-18/h3,6-14,17,20H,1-2,4-5H2,(H,26,28)/t20-/m1/s1. The van der Waals surface area contributed by atoms with Crippen LogP contribution in [0.15, 0.2) is 60.4 Å². The molecule has 6 nitrogen and oxygen atoms in total. The molecular weight excluding hydrogens is 420 g/mol. The van der Waals surface area contributed by atoms with Crippen LogP contribution in [0, 0.1) is 0 Å². The molecule has 4 rings (SSSR count). The van der Waals surface area contributed by atoms with Gasteiger partial charge in [0.15, 0.2) is 0 Å². The number of thiophene rings is 1. The minimum atomic E-state index is -0.851. The summed E-state index contributed by atoms with van der Waals surface area (Å²) in [5.41, 5.74) is 0.860. The van der Waals surface area contributed by atoms with E-state index >= 15 is 0 Å². The van der Waals surface area contributed by atoms with Gasteiger partial charge in [-0.15, -0.1) is 11.3 Å². The third kappa shape index (κ3) is 4.52. The Kier molecular flexibility index (Phi) is 6.40. The summed E-state index contributed by atoms with van der Waals surface area (Å²) < 4.78 is 0. The smallest absolute Gasteiger partial charge is 0.280 e. The van der Waals surface area contributed by atoms with Gasteiger partial charge in [0.25, 0.3) is 5.91 Å². The van der Waals surface area contributed by atoms with Gasteiger partial charge in [-0.3, -0.25) is 19.5 Å². The molecule has 0 aliphatic heterocycles. The van der Waals surface area contributed by atoms with E-state index in [2.05, 4.69) is 15.3 Å². The normalized spacial score (nSPS) is 15.0. The van der Waals surface area contributed by atoms with Gasteiger partial charge in [-0.2, -0.15) is 0 Å². The number of nitrogens with one attached hydrogen (secondary N) is 1. The van der Waals surface area contributed by atoms with Crippen molar-refractivity contribution in [3.63, 3.8) is 0 Å². The summed E-state index contributed by atoms with van der Waals surface area (Å²) in [6, 6.07) is 9.98. The average molecular weight is 441 g/mol. The first kappa shape index (κ1) is 20.5. The molecule has 1 aromatic carbocycles. The molecule has 0 radical (unpaired) electrons. The van der Waals surface area contributed by atoms with Crippen LogP contribution in [0.2, 0.25) is 5.02 Å². The van der Waals surface area contributed by atoms with Crippen LogP contribution >= 0.6 is 22.9 Å². The van der Waals surface area contributed by atoms with E-state index in [9.17, 15) is 9.59 Å². The van der Waals surface area contributed by atoms with Crippen LogP contribution < -0.4 is 10.2 Å². The average Bonchev–Trinajstić information content (AvgIpc) is 3.47. The molecule has 2 heterocycles. The third-order valence-corrected chi connectivity index (χ3v) is 6.26. The highest BCUT2D eigenvalue weighted by Gasteiger charge is 2.35. The predicted molar refractivity (Wildman–Crippen MR) is 118 cm³/mol. The van der Waals surface area contributed by atoms with Crippen molar-refractivity contribution in [1.29, 1.82) is 0 Å². The molecule has 1 atom stereocenters. The van der Waals surface area contributed by atoms with E-state index in [0.29, 0.717) is 15.6 Å². The first-order valence-electron chi connectivity index (χ1n) is 9.82. The second kappa shape index (κ2) is 9.36. The number of halogens is 1. The number of amides is 2. The van der Waals surface area contributed by atoms with E-state index in [1.807, 2.05) is 17.5 Å². The van der Waals surface area contributed by atoms with Crippen LogP contribution in [-0.4, -0.2) is 27.8 Å². The van der Waals surface area contributed by atoms with Gasteiger partial charge in [0.1, 0.15) is 11.7 Å². The first-order chi connectivity index (χ1) is 14.6. The lowest BCUT2D eigenvalue weighted by molar-refractivity contribution is -0.123. The van der Waals surface area contributed by atoms with Gasteiger partial charge in [0.05, 0.1) is 11.2 Å². The molecule has 1 aliphatic carbocycles. The van der Waals surface area contributed by atoms with Crippen LogP contribution in [-0.2, 0) is 4.79 Å². The van der Waals surface area contributed by atoms with Gasteiger partial charge < -0.3 is 5.32 Å². The van der Waals surface area contributed by atoms with Crippen LogP contribution in [0.3, 0.4) is 0 Å². The highest BCUT2D eigenvalue weighted by Crippen LogP contribution is 2.33. The fourth-order valence-corrected chi connectivity index (χ4v) is 4.58. The Labute approximate surface area is 183 Å². The number of rotatable bonds is 6. The number of carbonyl (C=O) groups excluding carboxylic acids is 2. The molecule has 1 aliphatic rings. The van der Waals surface area contributed by atoms with Crippen LogP contribution in [0.4, 0.5) is 5.00 Å². The van der Waals surface area contributed by atoms with Gasteiger partial charge in [-0.25, -0.2) is 4.98 Å². The lowest BCUT2D eigenvalue weighted by atomic mass is 10.0. The molecule has 30 heavy (non-hydrogen) atoms. The van der Waals surface area contributed by atoms with Crippen molar-refractivity contribution in [2.45, 2.75) is 37.8 Å². The highest BCUT2D eigenvalue weighted by molar-refractivity contribution is 7.14. The fourth-order valence-electron chi connectivity index (χ4n) is 3.70. The van der Waals surface area contributed by atoms with E-state index in [-0.39, 0.29) is 23.6 Å². The molecule has 2 amide bonds. The molecule has 1 N–H and O–H groups in total. The summed E-state index contributed by atoms with van der Waals surface area (Å²) >= 11 is 7.46. The second-order valence-corrected chi connectivity index (χ2v) is 8.52. The Morgan fingerprint density at radius 3 is 2.53 bits per heavy atom. The number of anilines is 1. The van der Waals surface area contributed by atoms with Gasteiger partial charge in [-0.05, 0) is 48.1 Å². The molecule has 154 valence electrons. The monoisotopic (exact) mass is 440 g/mol. The van der Waals surface area contributed by atoms with E-state index in [4.69, 9.17) is 11.6 Å². The zero-order chi connectivity index (χ0) is 20.9. The molecule has 3 aromatic rings. The predicted octanol–water partition coefficient (Wildman–Crippen LogP) is 4.64. The molecule has 0 bridgehead atoms. The van der Waals surface area contributed by atoms with Crippen molar-refractivity contribution in [3.05, 3.63) is 76.6 Å². The van der Waals surface area contributed by atoms with E-state index in [1.54, 1.807) is 24.3 Å². The lowest BCUT2D eigenvalue weighted by Gasteiger charge is -2.31. The molecule has 0 spiro atoms. The Morgan fingerprint density at radius 1 is 1.13 bits per heavy atom. The van der Waals surface area contributed by atoms with Crippen molar-refractivity contribution in [1.82, 2.24) is 15.3 Å². The molecule has 0 saturated heterocycles. The van der Waals surface area contributed by atoms with Crippen molar-refractivity contribution in [2.75, 3.05) is 4.90 Å². The van der Waals surface area contributed by atoms with Crippen LogP contribution in [0.5, 0.6) is 0 Å². The lowest BCUT2D eigenvalue weighted by Crippen LogP contribution is -2.46. The summed E-state index contributed by atoms with van der Waals surface area (Å²) in [5.74, 6) is -0.595. The molecular formula is C22H21ClN4O2S.